The normalized spacial score (nSPS) is 12.2. The minimum absolute atomic E-state index is 0.00163. The summed E-state index contributed by atoms with van der Waals surface area (Å²) in [5.74, 6) is -0.811. The van der Waals surface area contributed by atoms with Gasteiger partial charge < -0.3 is 16.0 Å². The third-order valence-corrected chi connectivity index (χ3v) is 5.35. The number of hydrogen-bond acceptors (Lipinski definition) is 3. The van der Waals surface area contributed by atoms with Crippen LogP contribution in [0.1, 0.15) is 69.4 Å². The van der Waals surface area contributed by atoms with Gasteiger partial charge in [-0.25, -0.2) is 0 Å². The number of carbonyl (C=O) groups is 3. The maximum Gasteiger partial charge on any atom is 0.251 e. The van der Waals surface area contributed by atoms with Crippen LogP contribution in [-0.2, 0) is 15.0 Å². The van der Waals surface area contributed by atoms with Crippen molar-refractivity contribution < 1.29 is 14.4 Å². The van der Waals surface area contributed by atoms with E-state index in [2.05, 4.69) is 36.7 Å². The van der Waals surface area contributed by atoms with Gasteiger partial charge in [0.05, 0.1) is 0 Å². The van der Waals surface area contributed by atoms with Crippen molar-refractivity contribution in [2.75, 3.05) is 10.6 Å². The Morgan fingerprint density at radius 1 is 0.938 bits per heavy atom. The molecule has 2 aromatic carbocycles. The highest BCUT2D eigenvalue weighted by molar-refractivity contribution is 6.02. The lowest BCUT2D eigenvalue weighted by Gasteiger charge is -2.23. The summed E-state index contributed by atoms with van der Waals surface area (Å²) in [7, 11) is 0. The maximum atomic E-state index is 13.0. The summed E-state index contributed by atoms with van der Waals surface area (Å²) < 4.78 is 0. The third-order valence-electron chi connectivity index (χ3n) is 5.35. The van der Waals surface area contributed by atoms with E-state index in [9.17, 15) is 14.4 Å². The third kappa shape index (κ3) is 6.67. The molecule has 0 fully saturated rings. The van der Waals surface area contributed by atoms with Crippen molar-refractivity contribution in [3.63, 3.8) is 0 Å². The van der Waals surface area contributed by atoms with E-state index < -0.39 is 6.04 Å². The van der Waals surface area contributed by atoms with Crippen LogP contribution < -0.4 is 16.0 Å². The average Bonchev–Trinajstić information content (AvgIpc) is 2.73. The van der Waals surface area contributed by atoms with E-state index in [0.29, 0.717) is 23.4 Å². The molecule has 0 spiro atoms. The van der Waals surface area contributed by atoms with E-state index >= 15 is 0 Å². The van der Waals surface area contributed by atoms with Crippen LogP contribution >= 0.6 is 0 Å². The lowest BCUT2D eigenvalue weighted by molar-refractivity contribution is -0.119. The number of benzene rings is 2. The molecular weight excluding hydrogens is 402 g/mol. The fourth-order valence-electron chi connectivity index (χ4n) is 3.18. The molecule has 1 atom stereocenters. The Morgan fingerprint density at radius 3 is 2.09 bits per heavy atom. The van der Waals surface area contributed by atoms with Crippen molar-refractivity contribution in [2.45, 2.75) is 66.3 Å². The first-order valence-electron chi connectivity index (χ1n) is 11.0. The van der Waals surface area contributed by atoms with Crippen molar-refractivity contribution in [1.82, 2.24) is 5.32 Å². The first-order chi connectivity index (χ1) is 14.9. The Bertz CT molecular complexity index is 973. The summed E-state index contributed by atoms with van der Waals surface area (Å²) >= 11 is 0. The Hall–Kier alpha value is -3.15. The lowest BCUT2D eigenvalue weighted by atomic mass is 9.86. The van der Waals surface area contributed by atoms with Gasteiger partial charge in [-0.3, -0.25) is 14.4 Å². The van der Waals surface area contributed by atoms with Crippen molar-refractivity contribution in [2.24, 2.45) is 5.92 Å². The monoisotopic (exact) mass is 437 g/mol. The molecule has 0 radical (unpaired) electrons. The SMILES string of the molecule is CCC(=O)Nc1ccc(C)c(NC(=O)C(NC(=O)c2ccc(C(C)(C)C)cc2)C(C)C)c1. The Morgan fingerprint density at radius 2 is 1.56 bits per heavy atom. The summed E-state index contributed by atoms with van der Waals surface area (Å²) in [5.41, 5.74) is 3.72. The topological polar surface area (TPSA) is 87.3 Å². The Labute approximate surface area is 191 Å². The predicted octanol–water partition coefficient (Wildman–Crippen LogP) is 5.03. The van der Waals surface area contributed by atoms with Crippen LogP contribution in [0.5, 0.6) is 0 Å². The quantitative estimate of drug-likeness (QED) is 0.567. The van der Waals surface area contributed by atoms with Gasteiger partial charge in [-0.05, 0) is 53.6 Å². The molecule has 32 heavy (non-hydrogen) atoms. The van der Waals surface area contributed by atoms with E-state index in [-0.39, 0.29) is 29.1 Å². The number of nitrogens with one attached hydrogen (secondary N) is 3. The zero-order chi connectivity index (χ0) is 24.1. The molecule has 0 bridgehead atoms. The van der Waals surface area contributed by atoms with Crippen LogP contribution in [0.15, 0.2) is 42.5 Å². The van der Waals surface area contributed by atoms with Gasteiger partial charge in [0, 0.05) is 23.4 Å². The second-order valence-corrected chi connectivity index (χ2v) is 9.44. The van der Waals surface area contributed by atoms with Crippen molar-refractivity contribution in [1.29, 1.82) is 0 Å². The zero-order valence-electron chi connectivity index (χ0n) is 20.1. The molecule has 1 unspecified atom stereocenters. The van der Waals surface area contributed by atoms with Crippen LogP contribution in [0.2, 0.25) is 0 Å². The molecule has 0 aliphatic rings. The summed E-state index contributed by atoms with van der Waals surface area (Å²) in [6.07, 6.45) is 0.369. The maximum absolute atomic E-state index is 13.0. The molecule has 0 saturated heterocycles. The molecule has 0 aromatic heterocycles. The molecule has 2 aromatic rings. The molecule has 3 N–H and O–H groups in total. The molecule has 172 valence electrons. The van der Waals surface area contributed by atoms with Gasteiger partial charge in [-0.2, -0.15) is 0 Å². The number of anilines is 2. The van der Waals surface area contributed by atoms with Gasteiger partial charge in [0.2, 0.25) is 11.8 Å². The first-order valence-corrected chi connectivity index (χ1v) is 11.0. The van der Waals surface area contributed by atoms with E-state index in [1.807, 2.05) is 39.0 Å². The van der Waals surface area contributed by atoms with E-state index in [1.54, 1.807) is 31.2 Å². The molecule has 0 heterocycles. The number of aryl methyl sites for hydroxylation is 1. The van der Waals surface area contributed by atoms with Gasteiger partial charge >= 0.3 is 0 Å². The van der Waals surface area contributed by atoms with Crippen LogP contribution in [0, 0.1) is 12.8 Å². The minimum Gasteiger partial charge on any atom is -0.340 e. The van der Waals surface area contributed by atoms with Crippen LogP contribution in [0.25, 0.3) is 0 Å². The van der Waals surface area contributed by atoms with Crippen molar-refractivity contribution in [3.8, 4) is 0 Å². The van der Waals surface area contributed by atoms with Gasteiger partial charge in [-0.1, -0.05) is 59.7 Å². The summed E-state index contributed by atoms with van der Waals surface area (Å²) in [6, 6.07) is 12.1. The molecule has 0 aliphatic heterocycles. The largest absolute Gasteiger partial charge is 0.340 e. The number of carbonyl (C=O) groups excluding carboxylic acids is 3. The second-order valence-electron chi connectivity index (χ2n) is 9.44. The van der Waals surface area contributed by atoms with Crippen molar-refractivity contribution in [3.05, 3.63) is 59.2 Å². The van der Waals surface area contributed by atoms with E-state index in [0.717, 1.165) is 11.1 Å². The average molecular weight is 438 g/mol. The highest BCUT2D eigenvalue weighted by atomic mass is 16.2. The number of rotatable bonds is 7. The molecule has 6 heteroatoms. The standard InChI is InChI=1S/C26H35N3O3/c1-8-22(30)27-20-14-9-17(4)21(15-20)28-25(32)23(16(2)3)29-24(31)18-10-12-19(13-11-18)26(5,6)7/h9-16,23H,8H2,1-7H3,(H,27,30)(H,28,32)(H,29,31). The number of amides is 3. The van der Waals surface area contributed by atoms with Gasteiger partial charge in [0.15, 0.2) is 0 Å². The highest BCUT2D eigenvalue weighted by Gasteiger charge is 2.25. The van der Waals surface area contributed by atoms with Gasteiger partial charge in [0.1, 0.15) is 6.04 Å². The lowest BCUT2D eigenvalue weighted by Crippen LogP contribution is -2.47. The zero-order valence-corrected chi connectivity index (χ0v) is 20.1. The first kappa shape index (κ1) is 25.1. The van der Waals surface area contributed by atoms with Gasteiger partial charge in [0.25, 0.3) is 5.91 Å². The van der Waals surface area contributed by atoms with Crippen LogP contribution in [-0.4, -0.2) is 23.8 Å². The summed E-state index contributed by atoms with van der Waals surface area (Å²) in [6.45, 7) is 13.8. The molecular formula is C26H35N3O3. The van der Waals surface area contributed by atoms with Gasteiger partial charge in [-0.15, -0.1) is 0 Å². The predicted molar refractivity (Wildman–Crippen MR) is 130 cm³/mol. The fraction of sp³-hybridized carbons (Fsp3) is 0.423. The minimum atomic E-state index is -0.710. The van der Waals surface area contributed by atoms with Crippen LogP contribution in [0.3, 0.4) is 0 Å². The molecule has 0 saturated carbocycles. The molecule has 0 aliphatic carbocycles. The van der Waals surface area contributed by atoms with Crippen molar-refractivity contribution >= 4 is 29.1 Å². The van der Waals surface area contributed by atoms with Crippen LogP contribution in [0.4, 0.5) is 11.4 Å². The highest BCUT2D eigenvalue weighted by Crippen LogP contribution is 2.23. The number of hydrogen-bond donors (Lipinski definition) is 3. The Kier molecular flexibility index (Phi) is 8.19. The second kappa shape index (κ2) is 10.4. The summed E-state index contributed by atoms with van der Waals surface area (Å²) in [4.78, 5) is 37.5. The Balaban J connectivity index is 2.15. The molecule has 3 amide bonds. The smallest absolute Gasteiger partial charge is 0.251 e. The summed E-state index contributed by atoms with van der Waals surface area (Å²) in [5, 5.41) is 8.56. The fourth-order valence-corrected chi connectivity index (χ4v) is 3.18. The molecule has 2 rings (SSSR count). The van der Waals surface area contributed by atoms with E-state index in [4.69, 9.17) is 0 Å². The van der Waals surface area contributed by atoms with E-state index in [1.165, 1.54) is 0 Å². The molecule has 6 nitrogen and oxygen atoms in total.